The van der Waals surface area contributed by atoms with Crippen molar-refractivity contribution in [1.29, 1.82) is 0 Å². The van der Waals surface area contributed by atoms with Crippen LogP contribution in [0.25, 0.3) is 0 Å². The minimum atomic E-state index is -1.06. The Bertz CT molecular complexity index is 1400. The fraction of sp³-hybridized carbons (Fsp3) is 0.750. The number of likely N-dealkylation sites (N-methyl/N-ethyl adjacent to an activating group) is 1. The molecule has 55 heavy (non-hydrogen) atoms. The lowest BCUT2D eigenvalue weighted by atomic mass is 9.82. The average Bonchev–Trinajstić information content (AvgIpc) is 3.60. The second-order valence-corrected chi connectivity index (χ2v) is 17.6. The van der Waals surface area contributed by atoms with Crippen molar-refractivity contribution in [2.45, 2.75) is 156 Å². The first-order valence-corrected chi connectivity index (χ1v) is 20.3. The minimum Gasteiger partial charge on any atom is -0.460 e. The molecule has 0 saturated carbocycles. The van der Waals surface area contributed by atoms with Gasteiger partial charge in [-0.25, -0.2) is 0 Å². The number of amides is 2. The predicted molar refractivity (Wildman–Crippen MR) is 216 cm³/mol. The molecule has 1 aliphatic rings. The topological polar surface area (TPSA) is 146 Å². The number of benzene rings is 1. The quantitative estimate of drug-likeness (QED) is 0.132. The van der Waals surface area contributed by atoms with Gasteiger partial charge in [-0.3, -0.25) is 24.0 Å². The molecule has 7 atom stereocenters. The molecular weight excluding hydrogens is 698 g/mol. The Balaban J connectivity index is 2.34. The number of hydrogen-bond donors (Lipinski definition) is 1. The number of ether oxygens (including phenoxy) is 3. The van der Waals surface area contributed by atoms with Crippen LogP contribution in [0.1, 0.15) is 120 Å². The van der Waals surface area contributed by atoms with Crippen molar-refractivity contribution in [2.75, 3.05) is 27.8 Å². The molecule has 11 heteroatoms. The summed E-state index contributed by atoms with van der Waals surface area (Å²) in [6.07, 6.45) is 2.15. The highest BCUT2D eigenvalue weighted by Gasteiger charge is 2.44. The molecule has 11 nitrogen and oxygen atoms in total. The van der Waals surface area contributed by atoms with Gasteiger partial charge >= 0.3 is 5.97 Å². The van der Waals surface area contributed by atoms with Crippen LogP contribution in [0.5, 0.6) is 0 Å². The molecule has 0 unspecified atom stereocenters. The van der Waals surface area contributed by atoms with Crippen molar-refractivity contribution < 1.29 is 38.2 Å². The van der Waals surface area contributed by atoms with Gasteiger partial charge in [-0.2, -0.15) is 0 Å². The molecule has 1 aliphatic heterocycles. The molecule has 1 aromatic carbocycles. The van der Waals surface area contributed by atoms with E-state index in [9.17, 15) is 24.0 Å². The van der Waals surface area contributed by atoms with Crippen LogP contribution in [0.2, 0.25) is 0 Å². The van der Waals surface area contributed by atoms with E-state index in [4.69, 9.17) is 19.9 Å². The van der Waals surface area contributed by atoms with Crippen molar-refractivity contribution >= 4 is 29.4 Å². The fourth-order valence-corrected chi connectivity index (χ4v) is 8.03. The zero-order valence-corrected chi connectivity index (χ0v) is 36.2. The summed E-state index contributed by atoms with van der Waals surface area (Å²) in [5.41, 5.74) is 5.30. The van der Waals surface area contributed by atoms with Crippen LogP contribution in [0.4, 0.5) is 0 Å². The summed E-state index contributed by atoms with van der Waals surface area (Å²) >= 11 is 0. The lowest BCUT2D eigenvalue weighted by Gasteiger charge is -2.41. The monoisotopic (exact) mass is 772 g/mol. The zero-order chi connectivity index (χ0) is 41.8. The van der Waals surface area contributed by atoms with E-state index in [2.05, 4.69) is 13.8 Å². The Labute approximate surface area is 331 Å². The molecule has 2 rings (SSSR count). The number of carbonyl (C=O) groups is 5. The van der Waals surface area contributed by atoms with Crippen molar-refractivity contribution in [2.24, 2.45) is 35.3 Å². The van der Waals surface area contributed by atoms with Crippen molar-refractivity contribution in [3.8, 4) is 0 Å². The number of nitrogens with two attached hydrogens (primary N) is 1. The maximum atomic E-state index is 14.3. The molecular formula is C44H73N3O8. The molecule has 312 valence electrons. The van der Waals surface area contributed by atoms with Crippen LogP contribution < -0.4 is 5.73 Å². The first-order chi connectivity index (χ1) is 25.6. The van der Waals surface area contributed by atoms with E-state index in [-0.39, 0.29) is 60.5 Å². The summed E-state index contributed by atoms with van der Waals surface area (Å²) < 4.78 is 17.8. The number of esters is 1. The van der Waals surface area contributed by atoms with E-state index < -0.39 is 53.1 Å². The molecule has 0 aliphatic carbocycles. The lowest BCUT2D eigenvalue weighted by Crippen LogP contribution is -2.54. The largest absolute Gasteiger partial charge is 0.460 e. The first-order valence-electron chi connectivity index (χ1n) is 20.3. The Morgan fingerprint density at radius 1 is 0.909 bits per heavy atom. The Morgan fingerprint density at radius 3 is 2.00 bits per heavy atom. The first kappa shape index (κ1) is 48.0. The maximum Gasteiger partial charge on any atom is 0.310 e. The number of nitrogens with zero attached hydrogens (tertiary/aromatic N) is 2. The highest BCUT2D eigenvalue weighted by atomic mass is 16.6. The molecule has 1 fully saturated rings. The third-order valence-corrected chi connectivity index (χ3v) is 11.4. The Morgan fingerprint density at radius 2 is 1.51 bits per heavy atom. The Hall–Kier alpha value is -3.15. The van der Waals surface area contributed by atoms with Gasteiger partial charge < -0.3 is 29.7 Å². The number of carbonyl (C=O) groups excluding carboxylic acids is 5. The second kappa shape index (κ2) is 21.4. The van der Waals surface area contributed by atoms with Gasteiger partial charge in [-0.1, -0.05) is 77.8 Å². The van der Waals surface area contributed by atoms with Crippen LogP contribution in [0.15, 0.2) is 30.3 Å². The van der Waals surface area contributed by atoms with E-state index in [1.165, 1.54) is 0 Å². The summed E-state index contributed by atoms with van der Waals surface area (Å²) in [5, 5.41) is 0. The highest BCUT2D eigenvalue weighted by molar-refractivity contribution is 5.92. The second-order valence-electron chi connectivity index (χ2n) is 17.6. The van der Waals surface area contributed by atoms with Gasteiger partial charge in [0, 0.05) is 52.5 Å². The third-order valence-electron chi connectivity index (χ3n) is 11.4. The SMILES string of the molecule is CCC(CC)[C@@H]([C@@H](CC(=O)N1CCC[C@H]1[C@H](OC)[C@@H](C)C(=O)C[C@@H](Cc1ccccc1)C(=O)OC(C)(C)C)OC)N(C)C(=O)[C@@H](CC(=O)C(C)(C)N)C(C)C. The van der Waals surface area contributed by atoms with Crippen molar-refractivity contribution in [1.82, 2.24) is 9.80 Å². The summed E-state index contributed by atoms with van der Waals surface area (Å²) in [4.78, 5) is 72.4. The number of Topliss-reactive ketones (excluding diaryl/α,β-unsaturated/α-hetero) is 2. The van der Waals surface area contributed by atoms with Crippen LogP contribution in [-0.4, -0.2) is 102 Å². The molecule has 0 bridgehead atoms. The van der Waals surface area contributed by atoms with Crippen molar-refractivity contribution in [3.63, 3.8) is 0 Å². The highest BCUT2D eigenvalue weighted by Crippen LogP contribution is 2.32. The summed E-state index contributed by atoms with van der Waals surface area (Å²) in [7, 11) is 4.89. The number of hydrogen-bond acceptors (Lipinski definition) is 9. The van der Waals surface area contributed by atoms with Crippen LogP contribution in [0.3, 0.4) is 0 Å². The van der Waals surface area contributed by atoms with E-state index >= 15 is 0 Å². The van der Waals surface area contributed by atoms with E-state index in [1.54, 1.807) is 40.0 Å². The molecule has 1 heterocycles. The third kappa shape index (κ3) is 13.8. The fourth-order valence-electron chi connectivity index (χ4n) is 8.03. The summed E-state index contributed by atoms with van der Waals surface area (Å²) in [6, 6.07) is 8.82. The molecule has 2 amide bonds. The Kier molecular flexibility index (Phi) is 18.7. The van der Waals surface area contributed by atoms with Gasteiger partial charge in [0.1, 0.15) is 11.4 Å². The minimum absolute atomic E-state index is 0.0134. The van der Waals surface area contributed by atoms with Crippen LogP contribution >= 0.6 is 0 Å². The molecule has 0 spiro atoms. The van der Waals surface area contributed by atoms with E-state index in [0.29, 0.717) is 19.4 Å². The van der Waals surface area contributed by atoms with Gasteiger partial charge in [0.2, 0.25) is 11.8 Å². The normalized spacial score (nSPS) is 18.4. The van der Waals surface area contributed by atoms with Gasteiger partial charge in [0.15, 0.2) is 5.78 Å². The average molecular weight is 772 g/mol. The van der Waals surface area contributed by atoms with Crippen molar-refractivity contribution in [3.05, 3.63) is 35.9 Å². The van der Waals surface area contributed by atoms with Gasteiger partial charge in [0.05, 0.1) is 42.2 Å². The standard InChI is InChI=1S/C44H73N3O8/c1-14-31(15-2)39(46(11)41(51)33(28(3)4)26-37(49)44(9,10)45)36(53-12)27-38(50)47-23-19-22-34(47)40(54-13)29(5)35(48)25-32(42(52)55-43(6,7)8)24-30-20-17-16-18-21-30/h16-18,20-21,28-29,31-34,36,39-40H,14-15,19,22-27,45H2,1-13H3/t29-,32+,33-,34-,36+,39-,40+/m0/s1. The smallest absolute Gasteiger partial charge is 0.310 e. The van der Waals surface area contributed by atoms with Crippen LogP contribution in [0, 0.1) is 29.6 Å². The van der Waals surface area contributed by atoms with E-state index in [1.807, 2.05) is 76.8 Å². The van der Waals surface area contributed by atoms with Gasteiger partial charge in [-0.05, 0) is 71.3 Å². The summed E-state index contributed by atoms with van der Waals surface area (Å²) in [5.74, 6) is -2.94. The molecule has 1 aromatic rings. The number of likely N-dealkylation sites (tertiary alicyclic amines) is 1. The molecule has 2 N–H and O–H groups in total. The van der Waals surface area contributed by atoms with E-state index in [0.717, 1.165) is 24.8 Å². The zero-order valence-electron chi connectivity index (χ0n) is 36.2. The maximum absolute atomic E-state index is 14.3. The summed E-state index contributed by atoms with van der Waals surface area (Å²) in [6.45, 7) is 19.1. The molecule has 0 aromatic heterocycles. The number of rotatable bonds is 22. The lowest BCUT2D eigenvalue weighted by molar-refractivity contribution is -0.161. The molecule has 0 radical (unpaired) electrons. The predicted octanol–water partition coefficient (Wildman–Crippen LogP) is 6.43. The number of methoxy groups -OCH3 is 2. The van der Waals surface area contributed by atoms with Gasteiger partial charge in [0.25, 0.3) is 0 Å². The molecule has 1 saturated heterocycles. The number of ketones is 2. The van der Waals surface area contributed by atoms with Crippen LogP contribution in [-0.2, 0) is 44.6 Å². The van der Waals surface area contributed by atoms with Gasteiger partial charge in [-0.15, -0.1) is 0 Å².